The van der Waals surface area contributed by atoms with Crippen molar-refractivity contribution in [1.29, 1.82) is 0 Å². The van der Waals surface area contributed by atoms with E-state index in [9.17, 15) is 12.8 Å². The molecule has 1 aliphatic rings. The van der Waals surface area contributed by atoms with Crippen LogP contribution in [0.2, 0.25) is 0 Å². The number of nitrogens with zero attached hydrogens (tertiary/aromatic N) is 1. The fraction of sp³-hybridized carbons (Fsp3) is 0.455. The molecule has 0 aliphatic carbocycles. The predicted octanol–water partition coefficient (Wildman–Crippen LogP) is 2.76. The standard InChI is InChI=1S/C11H13BrFNO2S/c12-10-5-4-9(8-11(10)13)17(15,16)14-6-2-1-3-7-14/h4-5,8H,1-3,6-7H2. The van der Waals surface area contributed by atoms with Gasteiger partial charge < -0.3 is 0 Å². The SMILES string of the molecule is O=S(=O)(c1ccc(Br)c(F)c1)N1CCCCC1. The Morgan fingerprint density at radius 2 is 1.82 bits per heavy atom. The van der Waals surface area contributed by atoms with E-state index < -0.39 is 15.8 Å². The van der Waals surface area contributed by atoms with Gasteiger partial charge in [-0.15, -0.1) is 0 Å². The number of benzene rings is 1. The van der Waals surface area contributed by atoms with Gasteiger partial charge in [0.2, 0.25) is 10.0 Å². The van der Waals surface area contributed by atoms with Crippen LogP contribution in [0.5, 0.6) is 0 Å². The molecule has 0 spiro atoms. The summed E-state index contributed by atoms with van der Waals surface area (Å²) in [5, 5.41) is 0. The van der Waals surface area contributed by atoms with Crippen LogP contribution in [0.15, 0.2) is 27.6 Å². The van der Waals surface area contributed by atoms with Gasteiger partial charge in [0.1, 0.15) is 5.82 Å². The molecule has 6 heteroatoms. The van der Waals surface area contributed by atoms with Crippen LogP contribution in [0.25, 0.3) is 0 Å². The molecule has 1 aliphatic heterocycles. The van der Waals surface area contributed by atoms with E-state index in [1.165, 1.54) is 16.4 Å². The molecular weight excluding hydrogens is 309 g/mol. The molecular formula is C11H13BrFNO2S. The van der Waals surface area contributed by atoms with Crippen molar-refractivity contribution >= 4 is 26.0 Å². The van der Waals surface area contributed by atoms with Crippen molar-refractivity contribution in [3.05, 3.63) is 28.5 Å². The Morgan fingerprint density at radius 1 is 1.18 bits per heavy atom. The van der Waals surface area contributed by atoms with Crippen LogP contribution < -0.4 is 0 Å². The molecule has 0 bridgehead atoms. The van der Waals surface area contributed by atoms with Crippen LogP contribution in [0.3, 0.4) is 0 Å². The van der Waals surface area contributed by atoms with Gasteiger partial charge >= 0.3 is 0 Å². The number of halogens is 2. The highest BCUT2D eigenvalue weighted by atomic mass is 79.9. The van der Waals surface area contributed by atoms with E-state index in [0.717, 1.165) is 25.3 Å². The lowest BCUT2D eigenvalue weighted by Crippen LogP contribution is -2.35. The summed E-state index contributed by atoms with van der Waals surface area (Å²) in [6, 6.07) is 3.91. The molecule has 94 valence electrons. The highest BCUT2D eigenvalue weighted by Gasteiger charge is 2.26. The van der Waals surface area contributed by atoms with Crippen LogP contribution in [0.1, 0.15) is 19.3 Å². The van der Waals surface area contributed by atoms with E-state index in [-0.39, 0.29) is 9.37 Å². The van der Waals surface area contributed by atoms with Crippen molar-refractivity contribution < 1.29 is 12.8 Å². The molecule has 1 aromatic carbocycles. The lowest BCUT2D eigenvalue weighted by atomic mass is 10.2. The third-order valence-corrected chi connectivity index (χ3v) is 5.38. The van der Waals surface area contributed by atoms with Gasteiger partial charge in [0.25, 0.3) is 0 Å². The van der Waals surface area contributed by atoms with Gasteiger partial charge in [-0.2, -0.15) is 4.31 Å². The maximum Gasteiger partial charge on any atom is 0.243 e. The summed E-state index contributed by atoms with van der Waals surface area (Å²) in [6.07, 6.45) is 2.80. The van der Waals surface area contributed by atoms with Crippen LogP contribution >= 0.6 is 15.9 Å². The molecule has 0 saturated carbocycles. The van der Waals surface area contributed by atoms with Gasteiger partial charge in [-0.25, -0.2) is 12.8 Å². The molecule has 1 saturated heterocycles. The molecule has 0 amide bonds. The summed E-state index contributed by atoms with van der Waals surface area (Å²) in [4.78, 5) is 0.0279. The van der Waals surface area contributed by atoms with Gasteiger partial charge in [-0.05, 0) is 47.0 Å². The van der Waals surface area contributed by atoms with Crippen LogP contribution in [-0.2, 0) is 10.0 Å². The van der Waals surface area contributed by atoms with E-state index in [1.807, 2.05) is 0 Å². The summed E-state index contributed by atoms with van der Waals surface area (Å²) in [6.45, 7) is 1.06. The monoisotopic (exact) mass is 321 g/mol. The lowest BCUT2D eigenvalue weighted by molar-refractivity contribution is 0.346. The van der Waals surface area contributed by atoms with E-state index in [4.69, 9.17) is 0 Å². The van der Waals surface area contributed by atoms with Crippen molar-refractivity contribution in [2.24, 2.45) is 0 Å². The summed E-state index contributed by atoms with van der Waals surface area (Å²) in [5.41, 5.74) is 0. The summed E-state index contributed by atoms with van der Waals surface area (Å²) in [5.74, 6) is -0.553. The van der Waals surface area contributed by atoms with Gasteiger partial charge in [0.15, 0.2) is 0 Å². The molecule has 1 aromatic rings. The maximum atomic E-state index is 13.3. The molecule has 1 heterocycles. The summed E-state index contributed by atoms with van der Waals surface area (Å²) in [7, 11) is -3.53. The Hall–Kier alpha value is -0.460. The number of piperidine rings is 1. The highest BCUT2D eigenvalue weighted by molar-refractivity contribution is 9.10. The second-order valence-corrected chi connectivity index (χ2v) is 6.83. The number of rotatable bonds is 2. The molecule has 0 unspecified atom stereocenters. The van der Waals surface area contributed by atoms with Crippen LogP contribution in [0, 0.1) is 5.82 Å². The first-order chi connectivity index (χ1) is 8.01. The zero-order valence-corrected chi connectivity index (χ0v) is 11.6. The second-order valence-electron chi connectivity index (χ2n) is 4.04. The first-order valence-electron chi connectivity index (χ1n) is 5.47. The lowest BCUT2D eigenvalue weighted by Gasteiger charge is -2.25. The molecule has 1 fully saturated rings. The molecule has 0 atom stereocenters. The van der Waals surface area contributed by atoms with E-state index in [0.29, 0.717) is 13.1 Å². The molecule has 0 aromatic heterocycles. The normalized spacial score (nSPS) is 18.2. The Bertz CT molecular complexity index is 512. The Morgan fingerprint density at radius 3 is 2.41 bits per heavy atom. The zero-order valence-electron chi connectivity index (χ0n) is 9.20. The third-order valence-electron chi connectivity index (χ3n) is 2.84. The third kappa shape index (κ3) is 2.69. The molecule has 0 radical (unpaired) electrons. The fourth-order valence-corrected chi connectivity index (χ4v) is 3.67. The van der Waals surface area contributed by atoms with Crippen molar-refractivity contribution in [3.8, 4) is 0 Å². The van der Waals surface area contributed by atoms with Crippen molar-refractivity contribution in [2.45, 2.75) is 24.2 Å². The largest absolute Gasteiger partial charge is 0.243 e. The Labute approximate surface area is 109 Å². The van der Waals surface area contributed by atoms with Gasteiger partial charge in [-0.3, -0.25) is 0 Å². The average molecular weight is 322 g/mol. The number of hydrogen-bond donors (Lipinski definition) is 0. The topological polar surface area (TPSA) is 37.4 Å². The Kier molecular flexibility index (Phi) is 3.85. The number of sulfonamides is 1. The molecule has 3 nitrogen and oxygen atoms in total. The minimum absolute atomic E-state index is 0.0279. The molecule has 2 rings (SSSR count). The zero-order chi connectivity index (χ0) is 12.5. The van der Waals surface area contributed by atoms with Gasteiger partial charge in [0.05, 0.1) is 9.37 Å². The maximum absolute atomic E-state index is 13.3. The van der Waals surface area contributed by atoms with Crippen molar-refractivity contribution in [2.75, 3.05) is 13.1 Å². The van der Waals surface area contributed by atoms with E-state index in [1.54, 1.807) is 0 Å². The minimum atomic E-state index is -3.53. The first kappa shape index (κ1) is 13.0. The minimum Gasteiger partial charge on any atom is -0.207 e. The van der Waals surface area contributed by atoms with Gasteiger partial charge in [-0.1, -0.05) is 6.42 Å². The number of hydrogen-bond acceptors (Lipinski definition) is 2. The highest BCUT2D eigenvalue weighted by Crippen LogP contribution is 2.24. The first-order valence-corrected chi connectivity index (χ1v) is 7.70. The van der Waals surface area contributed by atoms with Gasteiger partial charge in [0, 0.05) is 13.1 Å². The van der Waals surface area contributed by atoms with E-state index >= 15 is 0 Å². The summed E-state index contributed by atoms with van der Waals surface area (Å²) >= 11 is 3.01. The predicted molar refractivity (Wildman–Crippen MR) is 66.7 cm³/mol. The fourth-order valence-electron chi connectivity index (χ4n) is 1.89. The smallest absolute Gasteiger partial charge is 0.207 e. The van der Waals surface area contributed by atoms with Crippen LogP contribution in [-0.4, -0.2) is 25.8 Å². The second kappa shape index (κ2) is 5.04. The van der Waals surface area contributed by atoms with Crippen LogP contribution in [0.4, 0.5) is 4.39 Å². The van der Waals surface area contributed by atoms with E-state index in [2.05, 4.69) is 15.9 Å². The average Bonchev–Trinajstić information content (AvgIpc) is 2.33. The molecule has 17 heavy (non-hydrogen) atoms. The molecule has 0 N–H and O–H groups in total. The summed E-state index contributed by atoms with van der Waals surface area (Å²) < 4.78 is 39.4. The Balaban J connectivity index is 2.33. The quantitative estimate of drug-likeness (QED) is 0.840. The van der Waals surface area contributed by atoms with Crippen molar-refractivity contribution in [3.63, 3.8) is 0 Å². The van der Waals surface area contributed by atoms with Crippen molar-refractivity contribution in [1.82, 2.24) is 4.31 Å².